The highest BCUT2D eigenvalue weighted by Gasteiger charge is 2.25. The molecule has 0 heterocycles. The van der Waals surface area contributed by atoms with Crippen molar-refractivity contribution in [3.8, 4) is 0 Å². The third-order valence-electron chi connectivity index (χ3n) is 5.67. The first-order valence-electron chi connectivity index (χ1n) is 9.77. The maximum atomic E-state index is 12.5. The average Bonchev–Trinajstić information content (AvgIpc) is 2.68. The first kappa shape index (κ1) is 18.4. The van der Waals surface area contributed by atoms with Crippen LogP contribution in [-0.2, 0) is 0 Å². The Morgan fingerprint density at radius 2 is 1.72 bits per heavy atom. The predicted molar refractivity (Wildman–Crippen MR) is 98.6 cm³/mol. The van der Waals surface area contributed by atoms with Crippen LogP contribution in [0, 0.1) is 0 Å². The van der Waals surface area contributed by atoms with E-state index in [2.05, 4.69) is 5.32 Å². The number of carbonyl (C=O) groups is 1. The fraction of sp³-hybridized carbons (Fsp3) is 0.650. The van der Waals surface area contributed by atoms with Gasteiger partial charge in [-0.05, 0) is 43.4 Å². The number of amides is 1. The molecular weight excluding hydrogens is 314 g/mol. The summed E-state index contributed by atoms with van der Waals surface area (Å²) in [6.07, 6.45) is 10.5. The minimum atomic E-state index is -0.870. The minimum absolute atomic E-state index is 0.0535. The summed E-state index contributed by atoms with van der Waals surface area (Å²) in [5.41, 5.74) is 1.28. The lowest BCUT2D eigenvalue weighted by molar-refractivity contribution is -0.0384. The maximum Gasteiger partial charge on any atom is 0.251 e. The van der Waals surface area contributed by atoms with Crippen LogP contribution in [0.2, 0.25) is 0 Å². The smallest absolute Gasteiger partial charge is 0.251 e. The molecule has 0 aliphatic heterocycles. The van der Waals surface area contributed by atoms with E-state index >= 15 is 0 Å². The molecule has 0 spiro atoms. The third-order valence-corrected chi connectivity index (χ3v) is 5.67. The molecule has 2 fully saturated rings. The van der Waals surface area contributed by atoms with E-state index in [9.17, 15) is 9.90 Å². The van der Waals surface area contributed by atoms with Crippen LogP contribution in [0.15, 0.2) is 24.3 Å². The maximum absolute atomic E-state index is 12.5. The first-order valence-corrected chi connectivity index (χ1v) is 9.77. The highest BCUT2D eigenvalue weighted by atomic mass is 16.3. The van der Waals surface area contributed by atoms with E-state index in [1.807, 2.05) is 12.1 Å². The molecule has 5 nitrogen and oxygen atoms in total. The van der Waals surface area contributed by atoms with Crippen LogP contribution in [0.1, 0.15) is 86.4 Å². The van der Waals surface area contributed by atoms with Gasteiger partial charge in [0.1, 0.15) is 6.23 Å². The molecular formula is C20H31N3O2. The van der Waals surface area contributed by atoms with Gasteiger partial charge in [0, 0.05) is 17.6 Å². The number of hydrogen-bond donors (Lipinski definition) is 3. The Labute approximate surface area is 150 Å². The number of nitrogens with one attached hydrogen (secondary N) is 1. The summed E-state index contributed by atoms with van der Waals surface area (Å²) in [6.45, 7) is 0. The van der Waals surface area contributed by atoms with Gasteiger partial charge in [0.05, 0.1) is 0 Å². The lowest BCUT2D eigenvalue weighted by Crippen LogP contribution is -2.44. The molecule has 1 aromatic carbocycles. The zero-order valence-electron chi connectivity index (χ0n) is 15.0. The number of hydrogen-bond acceptors (Lipinski definition) is 4. The van der Waals surface area contributed by atoms with Crippen LogP contribution >= 0.6 is 0 Å². The van der Waals surface area contributed by atoms with Crippen LogP contribution in [0.25, 0.3) is 0 Å². The first-order chi connectivity index (χ1) is 12.1. The molecule has 1 aromatic rings. The minimum Gasteiger partial charge on any atom is -0.373 e. The van der Waals surface area contributed by atoms with Gasteiger partial charge in [0.15, 0.2) is 0 Å². The summed E-state index contributed by atoms with van der Waals surface area (Å²) in [7, 11) is 0. The molecule has 2 saturated carbocycles. The molecule has 3 rings (SSSR count). The quantitative estimate of drug-likeness (QED) is 0.435. The molecule has 0 radical (unpaired) electrons. The molecule has 1 amide bonds. The van der Waals surface area contributed by atoms with Gasteiger partial charge in [-0.15, -0.1) is 0 Å². The van der Waals surface area contributed by atoms with Crippen molar-refractivity contribution in [3.63, 3.8) is 0 Å². The second-order valence-electron chi connectivity index (χ2n) is 7.55. The molecule has 0 saturated heterocycles. The fourth-order valence-electron chi connectivity index (χ4n) is 4.11. The van der Waals surface area contributed by atoms with E-state index in [1.165, 1.54) is 25.7 Å². The summed E-state index contributed by atoms with van der Waals surface area (Å²) in [6, 6.07) is 7.72. The number of nitrogens with zero attached hydrogens (tertiary/aromatic N) is 1. The number of aliphatic hydroxyl groups excluding tert-OH is 1. The van der Waals surface area contributed by atoms with Crippen LogP contribution in [0.5, 0.6) is 0 Å². The molecule has 25 heavy (non-hydrogen) atoms. The zero-order chi connectivity index (χ0) is 17.6. The Hall–Kier alpha value is -1.43. The topological polar surface area (TPSA) is 78.6 Å². The van der Waals surface area contributed by atoms with E-state index < -0.39 is 6.23 Å². The van der Waals surface area contributed by atoms with Gasteiger partial charge in [-0.2, -0.15) is 0 Å². The standard InChI is InChI=1S/C20H31N3O2/c21-23(18-12-5-2-6-13-18)20(25)16-9-7-8-15(14-16)19(24)22-17-10-3-1-4-11-17/h7-9,14,17-18,20,25H,1-6,10-13,21H2,(H,22,24). The van der Waals surface area contributed by atoms with Crippen molar-refractivity contribution in [2.75, 3.05) is 0 Å². The van der Waals surface area contributed by atoms with Gasteiger partial charge in [-0.3, -0.25) is 10.6 Å². The lowest BCUT2D eigenvalue weighted by atomic mass is 9.94. The van der Waals surface area contributed by atoms with Gasteiger partial charge in [0.25, 0.3) is 5.91 Å². The van der Waals surface area contributed by atoms with E-state index in [1.54, 1.807) is 17.1 Å². The Balaban J connectivity index is 1.64. The fourth-order valence-corrected chi connectivity index (χ4v) is 4.11. The number of nitrogens with two attached hydrogens (primary N) is 1. The second-order valence-corrected chi connectivity index (χ2v) is 7.55. The Morgan fingerprint density at radius 1 is 1.08 bits per heavy atom. The van der Waals surface area contributed by atoms with Crippen molar-refractivity contribution in [3.05, 3.63) is 35.4 Å². The normalized spacial score (nSPS) is 21.2. The van der Waals surface area contributed by atoms with E-state index in [-0.39, 0.29) is 18.0 Å². The number of rotatable bonds is 5. The molecule has 5 heteroatoms. The van der Waals surface area contributed by atoms with Crippen molar-refractivity contribution in [2.45, 2.75) is 82.5 Å². The van der Waals surface area contributed by atoms with E-state index in [0.717, 1.165) is 38.5 Å². The SMILES string of the molecule is NN(C1CCCCC1)C(O)c1cccc(C(=O)NC2CCCCC2)c1. The van der Waals surface area contributed by atoms with Crippen LogP contribution in [0.3, 0.4) is 0 Å². The summed E-state index contributed by atoms with van der Waals surface area (Å²) in [4.78, 5) is 12.5. The molecule has 1 atom stereocenters. The summed E-state index contributed by atoms with van der Waals surface area (Å²) in [5, 5.41) is 15.3. The van der Waals surface area contributed by atoms with Crippen molar-refractivity contribution in [1.29, 1.82) is 0 Å². The molecule has 0 aromatic heterocycles. The lowest BCUT2D eigenvalue weighted by Gasteiger charge is -2.34. The van der Waals surface area contributed by atoms with Crippen molar-refractivity contribution >= 4 is 5.91 Å². The number of benzene rings is 1. The van der Waals surface area contributed by atoms with Crippen molar-refractivity contribution in [2.24, 2.45) is 5.84 Å². The number of hydrazine groups is 1. The largest absolute Gasteiger partial charge is 0.373 e. The van der Waals surface area contributed by atoms with Gasteiger partial charge in [-0.1, -0.05) is 50.7 Å². The summed E-state index contributed by atoms with van der Waals surface area (Å²) >= 11 is 0. The Morgan fingerprint density at radius 3 is 2.40 bits per heavy atom. The van der Waals surface area contributed by atoms with Gasteiger partial charge >= 0.3 is 0 Å². The third kappa shape index (κ3) is 4.81. The zero-order valence-corrected chi connectivity index (χ0v) is 15.0. The Kier molecular flexibility index (Phi) is 6.45. The Bertz CT molecular complexity index is 566. The van der Waals surface area contributed by atoms with Gasteiger partial charge < -0.3 is 10.4 Å². The molecule has 2 aliphatic rings. The van der Waals surface area contributed by atoms with Crippen LogP contribution in [-0.4, -0.2) is 28.1 Å². The second kappa shape index (κ2) is 8.79. The van der Waals surface area contributed by atoms with Gasteiger partial charge in [0.2, 0.25) is 0 Å². The molecule has 4 N–H and O–H groups in total. The highest BCUT2D eigenvalue weighted by Crippen LogP contribution is 2.27. The summed E-state index contributed by atoms with van der Waals surface area (Å²) < 4.78 is 0. The predicted octanol–water partition coefficient (Wildman–Crippen LogP) is 3.25. The molecule has 2 aliphatic carbocycles. The van der Waals surface area contributed by atoms with Crippen molar-refractivity contribution < 1.29 is 9.90 Å². The number of carbonyl (C=O) groups excluding carboxylic acids is 1. The average molecular weight is 345 g/mol. The number of aliphatic hydroxyl groups is 1. The monoisotopic (exact) mass is 345 g/mol. The van der Waals surface area contributed by atoms with Gasteiger partial charge in [-0.25, -0.2) is 5.01 Å². The highest BCUT2D eigenvalue weighted by molar-refractivity contribution is 5.94. The van der Waals surface area contributed by atoms with E-state index in [0.29, 0.717) is 11.1 Å². The molecule has 138 valence electrons. The molecule has 0 bridgehead atoms. The van der Waals surface area contributed by atoms with E-state index in [4.69, 9.17) is 5.84 Å². The van der Waals surface area contributed by atoms with Crippen LogP contribution in [0.4, 0.5) is 0 Å². The summed E-state index contributed by atoms with van der Waals surface area (Å²) in [5.74, 6) is 6.13. The van der Waals surface area contributed by atoms with Crippen LogP contribution < -0.4 is 11.2 Å². The molecule has 1 unspecified atom stereocenters. The van der Waals surface area contributed by atoms with Crippen molar-refractivity contribution in [1.82, 2.24) is 10.3 Å².